The molecule has 0 spiro atoms. The zero-order valence-corrected chi connectivity index (χ0v) is 17.8. The average Bonchev–Trinajstić information content (AvgIpc) is 3.24. The van der Waals surface area contributed by atoms with Gasteiger partial charge in [-0.1, -0.05) is 61.5 Å². The Balaban J connectivity index is 1.52. The highest BCUT2D eigenvalue weighted by atomic mass is 19.1. The van der Waals surface area contributed by atoms with Gasteiger partial charge in [0.2, 0.25) is 0 Å². The van der Waals surface area contributed by atoms with Crippen molar-refractivity contribution in [2.75, 3.05) is 13.1 Å². The minimum Gasteiger partial charge on any atom is -0.393 e. The Morgan fingerprint density at radius 2 is 1.84 bits per heavy atom. The molecule has 4 rings (SSSR count). The van der Waals surface area contributed by atoms with Crippen LogP contribution in [-0.4, -0.2) is 40.3 Å². The first-order valence-electron chi connectivity index (χ1n) is 10.4. The largest absolute Gasteiger partial charge is 0.393 e. The summed E-state index contributed by atoms with van der Waals surface area (Å²) in [5.41, 5.74) is 8.83. The van der Waals surface area contributed by atoms with Gasteiger partial charge in [0, 0.05) is 30.1 Å². The summed E-state index contributed by atoms with van der Waals surface area (Å²) in [4.78, 5) is 6.30. The van der Waals surface area contributed by atoms with Gasteiger partial charge in [-0.15, -0.1) is 0 Å². The van der Waals surface area contributed by atoms with Crippen molar-refractivity contribution in [3.05, 3.63) is 71.7 Å². The molecule has 0 aliphatic carbocycles. The molecule has 3 N–H and O–H groups in total. The van der Waals surface area contributed by atoms with Gasteiger partial charge in [0.05, 0.1) is 11.8 Å². The van der Waals surface area contributed by atoms with E-state index < -0.39 is 5.41 Å². The summed E-state index contributed by atoms with van der Waals surface area (Å²) in [6, 6.07) is 16.3. The predicted octanol–water partition coefficient (Wildman–Crippen LogP) is 4.21. The van der Waals surface area contributed by atoms with Gasteiger partial charge in [0.1, 0.15) is 5.82 Å². The third kappa shape index (κ3) is 4.46. The fourth-order valence-corrected chi connectivity index (χ4v) is 3.80. The maximum absolute atomic E-state index is 14.1. The molecule has 0 amide bonds. The number of nitrogens with zero attached hydrogens (tertiary/aromatic N) is 3. The minimum absolute atomic E-state index is 0.241. The molecule has 31 heavy (non-hydrogen) atoms. The maximum atomic E-state index is 14.1. The van der Waals surface area contributed by atoms with Crippen molar-refractivity contribution in [3.63, 3.8) is 0 Å². The topological polar surface area (TPSA) is 87.9 Å². The summed E-state index contributed by atoms with van der Waals surface area (Å²) in [6.07, 6.45) is 1.08. The molecule has 162 valence electrons. The van der Waals surface area contributed by atoms with E-state index in [2.05, 4.69) is 10.1 Å². The Bertz CT molecular complexity index is 1070. The molecule has 0 atom stereocenters. The van der Waals surface area contributed by atoms with Crippen LogP contribution < -0.4 is 5.73 Å². The van der Waals surface area contributed by atoms with Gasteiger partial charge in [0.15, 0.2) is 5.96 Å². The number of aromatic nitrogens is 1. The number of aliphatic imine (C=N–C) groups is 1. The van der Waals surface area contributed by atoms with Gasteiger partial charge in [-0.05, 0) is 30.0 Å². The summed E-state index contributed by atoms with van der Waals surface area (Å²) in [6.45, 7) is 5.42. The maximum Gasteiger partial charge on any atom is 0.253 e. The number of rotatable bonds is 4. The summed E-state index contributed by atoms with van der Waals surface area (Å²) >= 11 is 0. The molecule has 0 radical (unpaired) electrons. The molecule has 0 bridgehead atoms. The second kappa shape index (κ2) is 8.51. The molecule has 1 saturated heterocycles. The Morgan fingerprint density at radius 3 is 2.52 bits per heavy atom. The van der Waals surface area contributed by atoms with Crippen molar-refractivity contribution in [2.45, 2.75) is 38.2 Å². The molecule has 1 aliphatic rings. The predicted molar refractivity (Wildman–Crippen MR) is 119 cm³/mol. The molecule has 2 heterocycles. The van der Waals surface area contributed by atoms with Crippen molar-refractivity contribution in [1.82, 2.24) is 10.1 Å². The minimum atomic E-state index is -0.435. The lowest BCUT2D eigenvalue weighted by molar-refractivity contribution is 0.109. The van der Waals surface area contributed by atoms with Crippen LogP contribution in [0.5, 0.6) is 0 Å². The molecule has 1 aliphatic heterocycles. The number of hydrogen-bond acceptors (Lipinski definition) is 4. The third-order valence-corrected chi connectivity index (χ3v) is 5.94. The lowest BCUT2D eigenvalue weighted by Crippen LogP contribution is -2.43. The first-order chi connectivity index (χ1) is 14.8. The van der Waals surface area contributed by atoms with E-state index in [0.29, 0.717) is 43.3 Å². The van der Waals surface area contributed by atoms with E-state index in [4.69, 9.17) is 10.3 Å². The molecular formula is C24H27FN4O2. The van der Waals surface area contributed by atoms with E-state index in [0.717, 1.165) is 16.8 Å². The van der Waals surface area contributed by atoms with Crippen LogP contribution in [0.4, 0.5) is 10.3 Å². The average molecular weight is 423 g/mol. The molecule has 3 aromatic rings. The van der Waals surface area contributed by atoms with Crippen LogP contribution in [0, 0.1) is 5.82 Å². The number of guanidine groups is 1. The summed E-state index contributed by atoms with van der Waals surface area (Å²) in [5.74, 6) is 0.464. The van der Waals surface area contributed by atoms with Gasteiger partial charge in [0.25, 0.3) is 5.88 Å². The first-order valence-corrected chi connectivity index (χ1v) is 10.4. The fraction of sp³-hybridized carbons (Fsp3) is 0.333. The SMILES string of the molecule is CC(C)(c1ccc(-c2ccccc2F)cc1)c1cc(/N=C(\N)N2CCC(O)CC2)on1. The number of nitrogens with two attached hydrogens (primary N) is 1. The zero-order chi connectivity index (χ0) is 22.0. The van der Waals surface area contributed by atoms with Crippen molar-refractivity contribution in [3.8, 4) is 11.1 Å². The number of likely N-dealkylation sites (tertiary alicyclic amines) is 1. The van der Waals surface area contributed by atoms with Crippen LogP contribution in [-0.2, 0) is 5.41 Å². The highest BCUT2D eigenvalue weighted by Crippen LogP contribution is 2.34. The Hall–Kier alpha value is -3.19. The van der Waals surface area contributed by atoms with Crippen LogP contribution >= 0.6 is 0 Å². The number of aliphatic hydroxyl groups is 1. The lowest BCUT2D eigenvalue weighted by Gasteiger charge is -2.29. The number of benzene rings is 2. The van der Waals surface area contributed by atoms with Gasteiger partial charge >= 0.3 is 0 Å². The molecule has 0 saturated carbocycles. The highest BCUT2D eigenvalue weighted by molar-refractivity contribution is 5.80. The summed E-state index contributed by atoms with van der Waals surface area (Å²) in [5, 5.41) is 13.9. The van der Waals surface area contributed by atoms with Crippen molar-refractivity contribution in [2.24, 2.45) is 10.7 Å². The van der Waals surface area contributed by atoms with Crippen LogP contribution in [0.25, 0.3) is 11.1 Å². The second-order valence-corrected chi connectivity index (χ2v) is 8.42. The molecular weight excluding hydrogens is 395 g/mol. The van der Waals surface area contributed by atoms with Crippen LogP contribution in [0.1, 0.15) is 37.9 Å². The third-order valence-electron chi connectivity index (χ3n) is 5.94. The van der Waals surface area contributed by atoms with E-state index in [1.807, 2.05) is 49.1 Å². The molecule has 6 nitrogen and oxygen atoms in total. The highest BCUT2D eigenvalue weighted by Gasteiger charge is 2.28. The van der Waals surface area contributed by atoms with Gasteiger partial charge in [-0.3, -0.25) is 0 Å². The monoisotopic (exact) mass is 422 g/mol. The standard InChI is InChI=1S/C24H27FN4O2/c1-24(2,17-9-7-16(8-10-17)19-5-3-4-6-20(19)25)21-15-22(31-28-21)27-23(26)29-13-11-18(30)12-14-29/h3-10,15,18,30H,11-14H2,1-2H3,(H2,26,27). The quantitative estimate of drug-likeness (QED) is 0.486. The number of halogens is 1. The van der Waals surface area contributed by atoms with E-state index >= 15 is 0 Å². The van der Waals surface area contributed by atoms with Crippen LogP contribution in [0.3, 0.4) is 0 Å². The smallest absolute Gasteiger partial charge is 0.253 e. The lowest BCUT2D eigenvalue weighted by atomic mass is 9.81. The van der Waals surface area contributed by atoms with E-state index in [1.165, 1.54) is 6.07 Å². The number of hydrogen-bond donors (Lipinski definition) is 2. The fourth-order valence-electron chi connectivity index (χ4n) is 3.80. The first kappa shape index (κ1) is 21.1. The number of aliphatic hydroxyl groups excluding tert-OH is 1. The molecule has 1 aromatic heterocycles. The van der Waals surface area contributed by atoms with Gasteiger partial charge in [-0.2, -0.15) is 4.99 Å². The van der Waals surface area contributed by atoms with Crippen LogP contribution in [0.15, 0.2) is 64.1 Å². The van der Waals surface area contributed by atoms with E-state index in [1.54, 1.807) is 18.2 Å². The van der Waals surface area contributed by atoms with Crippen molar-refractivity contribution < 1.29 is 14.0 Å². The zero-order valence-electron chi connectivity index (χ0n) is 17.8. The van der Waals surface area contributed by atoms with Gasteiger partial charge in [-0.25, -0.2) is 4.39 Å². The van der Waals surface area contributed by atoms with Crippen molar-refractivity contribution >= 4 is 11.8 Å². The Morgan fingerprint density at radius 1 is 1.16 bits per heavy atom. The van der Waals surface area contributed by atoms with E-state index in [9.17, 15) is 9.50 Å². The summed E-state index contributed by atoms with van der Waals surface area (Å²) < 4.78 is 19.5. The van der Waals surface area contributed by atoms with Crippen LogP contribution in [0.2, 0.25) is 0 Å². The van der Waals surface area contributed by atoms with E-state index in [-0.39, 0.29) is 11.9 Å². The number of piperidine rings is 1. The van der Waals surface area contributed by atoms with Crippen molar-refractivity contribution in [1.29, 1.82) is 0 Å². The molecule has 2 aromatic carbocycles. The molecule has 1 fully saturated rings. The molecule has 7 heteroatoms. The Labute approximate surface area is 181 Å². The second-order valence-electron chi connectivity index (χ2n) is 8.42. The normalized spacial score (nSPS) is 16.0. The summed E-state index contributed by atoms with van der Waals surface area (Å²) in [7, 11) is 0. The van der Waals surface area contributed by atoms with Gasteiger partial charge < -0.3 is 20.3 Å². The molecule has 0 unspecified atom stereocenters. The Kier molecular flexibility index (Phi) is 5.78.